The Morgan fingerprint density at radius 1 is 1.00 bits per heavy atom. The maximum Gasteiger partial charge on any atom is 0.423 e. The molecule has 4 aromatic heterocycles. The molecule has 4 rings (SSSR count). The number of nitrogens with one attached hydrogen (secondary N) is 2. The Labute approximate surface area is 226 Å². The lowest BCUT2D eigenvalue weighted by atomic mass is 10.1. The van der Waals surface area contributed by atoms with Crippen molar-refractivity contribution in [3.63, 3.8) is 0 Å². The molecule has 0 amide bonds. The van der Waals surface area contributed by atoms with Crippen LogP contribution in [0.1, 0.15) is 30.4 Å². The maximum atomic E-state index is 13.4. The van der Waals surface area contributed by atoms with E-state index in [0.29, 0.717) is 16.9 Å². The predicted octanol–water partition coefficient (Wildman–Crippen LogP) is 5.00. The van der Waals surface area contributed by atoms with Crippen LogP contribution in [0.2, 0.25) is 0 Å². The number of aromatic nitrogens is 5. The molecule has 0 fully saturated rings. The second-order valence-corrected chi connectivity index (χ2v) is 8.78. The van der Waals surface area contributed by atoms with Crippen LogP contribution in [0.4, 0.5) is 36.4 Å². The molecule has 0 saturated carbocycles. The molecule has 0 aliphatic carbocycles. The molecule has 0 aromatic carbocycles. The van der Waals surface area contributed by atoms with Gasteiger partial charge in [0.1, 0.15) is 5.56 Å². The van der Waals surface area contributed by atoms with Crippen molar-refractivity contribution < 1.29 is 35.5 Å². The standard InChI is InChI=1S/C25H21F7N6O3/c26-21(27)13-3-5-17(33-10-13)18-6-4-15-16(36-18)7-9-38(23(15)40)8-1-2-14(12-41-24(28)29)35-19-11-34-37-22(39)20(19)25(30,31)32/h3-7,9-11,14,21,24H,1-2,8,12H2,(H2,35,37,39). The Morgan fingerprint density at radius 3 is 2.41 bits per heavy atom. The molecule has 16 heteroatoms. The minimum Gasteiger partial charge on any atom is -0.378 e. The quantitative estimate of drug-likeness (QED) is 0.238. The van der Waals surface area contributed by atoms with Crippen LogP contribution in [0.25, 0.3) is 22.3 Å². The number of alkyl halides is 7. The van der Waals surface area contributed by atoms with Crippen LogP contribution in [0, 0.1) is 0 Å². The fourth-order valence-corrected chi connectivity index (χ4v) is 4.07. The SMILES string of the molecule is O=c1[nH]ncc(NC(CCCn2ccc3nc(-c4ccc(C(F)F)cn4)ccc3c2=O)COC(F)F)c1C(F)(F)F. The van der Waals surface area contributed by atoms with Gasteiger partial charge in [0.15, 0.2) is 0 Å². The number of fused-ring (bicyclic) bond motifs is 1. The van der Waals surface area contributed by atoms with Crippen LogP contribution >= 0.6 is 0 Å². The van der Waals surface area contributed by atoms with E-state index in [0.717, 1.165) is 12.4 Å². The molecule has 1 unspecified atom stereocenters. The molecular weight excluding hydrogens is 565 g/mol. The van der Waals surface area contributed by atoms with Crippen molar-refractivity contribution >= 4 is 16.6 Å². The Bertz CT molecular complexity index is 1610. The molecule has 0 bridgehead atoms. The number of hydrogen-bond acceptors (Lipinski definition) is 7. The molecule has 2 N–H and O–H groups in total. The van der Waals surface area contributed by atoms with Gasteiger partial charge in [-0.05, 0) is 43.2 Å². The van der Waals surface area contributed by atoms with E-state index in [4.69, 9.17) is 0 Å². The van der Waals surface area contributed by atoms with Crippen LogP contribution < -0.4 is 16.4 Å². The van der Waals surface area contributed by atoms with Crippen molar-refractivity contribution in [1.29, 1.82) is 0 Å². The zero-order valence-corrected chi connectivity index (χ0v) is 20.8. The summed E-state index contributed by atoms with van der Waals surface area (Å²) < 4.78 is 96.6. The van der Waals surface area contributed by atoms with Crippen molar-refractivity contribution in [2.45, 2.75) is 44.6 Å². The summed E-state index contributed by atoms with van der Waals surface area (Å²) in [5.74, 6) is 0. The fraction of sp³-hybridized carbons (Fsp3) is 0.320. The molecule has 1 atom stereocenters. The highest BCUT2D eigenvalue weighted by molar-refractivity contribution is 5.80. The zero-order chi connectivity index (χ0) is 29.7. The minimum atomic E-state index is -5.04. The summed E-state index contributed by atoms with van der Waals surface area (Å²) in [6, 6.07) is 6.08. The largest absolute Gasteiger partial charge is 0.423 e. The van der Waals surface area contributed by atoms with E-state index in [2.05, 4.69) is 25.1 Å². The molecular formula is C25H21F7N6O3. The number of aromatic amines is 1. The number of ether oxygens (including phenoxy) is 1. The summed E-state index contributed by atoms with van der Waals surface area (Å²) in [6.45, 7) is -3.80. The number of pyridine rings is 3. The highest BCUT2D eigenvalue weighted by Gasteiger charge is 2.37. The Balaban J connectivity index is 1.49. The molecule has 9 nitrogen and oxygen atoms in total. The second-order valence-electron chi connectivity index (χ2n) is 8.78. The first kappa shape index (κ1) is 29.6. The van der Waals surface area contributed by atoms with Crippen molar-refractivity contribution in [3.05, 3.63) is 80.8 Å². The number of halogens is 7. The fourth-order valence-electron chi connectivity index (χ4n) is 4.07. The average Bonchev–Trinajstić information content (AvgIpc) is 2.92. The lowest BCUT2D eigenvalue weighted by Gasteiger charge is -2.22. The van der Waals surface area contributed by atoms with E-state index in [1.54, 1.807) is 11.2 Å². The van der Waals surface area contributed by atoms with E-state index in [-0.39, 0.29) is 30.3 Å². The number of nitrogens with zero attached hydrogens (tertiary/aromatic N) is 4. The monoisotopic (exact) mass is 586 g/mol. The first-order valence-electron chi connectivity index (χ1n) is 12.0. The molecule has 0 spiro atoms. The molecule has 0 aliphatic rings. The summed E-state index contributed by atoms with van der Waals surface area (Å²) in [6.07, 6.45) is -4.37. The van der Waals surface area contributed by atoms with Gasteiger partial charge in [-0.15, -0.1) is 0 Å². The van der Waals surface area contributed by atoms with Crippen LogP contribution in [0.5, 0.6) is 0 Å². The van der Waals surface area contributed by atoms with Gasteiger partial charge in [0, 0.05) is 30.5 Å². The Morgan fingerprint density at radius 2 is 1.76 bits per heavy atom. The molecule has 4 aromatic rings. The summed E-state index contributed by atoms with van der Waals surface area (Å²) >= 11 is 0. The van der Waals surface area contributed by atoms with Gasteiger partial charge in [-0.25, -0.2) is 18.9 Å². The smallest absolute Gasteiger partial charge is 0.378 e. The third-order valence-corrected chi connectivity index (χ3v) is 6.00. The number of hydrogen-bond donors (Lipinski definition) is 2. The van der Waals surface area contributed by atoms with Crippen molar-refractivity contribution in [1.82, 2.24) is 24.7 Å². The average molecular weight is 586 g/mol. The lowest BCUT2D eigenvalue weighted by Crippen LogP contribution is -2.32. The molecule has 218 valence electrons. The highest BCUT2D eigenvalue weighted by atomic mass is 19.4. The Hall–Kier alpha value is -4.34. The number of anilines is 1. The zero-order valence-electron chi connectivity index (χ0n) is 20.8. The van der Waals surface area contributed by atoms with Gasteiger partial charge >= 0.3 is 12.8 Å². The number of aryl methyl sites for hydroxylation is 1. The van der Waals surface area contributed by atoms with Crippen LogP contribution in [0.3, 0.4) is 0 Å². The van der Waals surface area contributed by atoms with E-state index in [1.807, 2.05) is 0 Å². The van der Waals surface area contributed by atoms with Gasteiger partial charge in [0.2, 0.25) is 0 Å². The van der Waals surface area contributed by atoms with Crippen LogP contribution in [-0.4, -0.2) is 44.0 Å². The molecule has 0 radical (unpaired) electrons. The van der Waals surface area contributed by atoms with E-state index in [1.165, 1.54) is 35.0 Å². The summed E-state index contributed by atoms with van der Waals surface area (Å²) in [5.41, 5.74) is -3.45. The summed E-state index contributed by atoms with van der Waals surface area (Å²) in [7, 11) is 0. The molecule has 0 saturated heterocycles. The third kappa shape index (κ3) is 7.25. The molecule has 41 heavy (non-hydrogen) atoms. The van der Waals surface area contributed by atoms with E-state index < -0.39 is 54.2 Å². The summed E-state index contributed by atoms with van der Waals surface area (Å²) in [4.78, 5) is 33.0. The molecule has 4 heterocycles. The lowest BCUT2D eigenvalue weighted by molar-refractivity contribution is -0.138. The third-order valence-electron chi connectivity index (χ3n) is 6.00. The van der Waals surface area contributed by atoms with Crippen LogP contribution in [-0.2, 0) is 17.5 Å². The van der Waals surface area contributed by atoms with E-state index >= 15 is 0 Å². The van der Waals surface area contributed by atoms with Gasteiger partial charge in [-0.1, -0.05) is 0 Å². The number of rotatable bonds is 11. The first-order valence-corrected chi connectivity index (χ1v) is 12.0. The first-order chi connectivity index (χ1) is 19.4. The maximum absolute atomic E-state index is 13.4. The van der Waals surface area contributed by atoms with Crippen molar-refractivity contribution in [2.75, 3.05) is 11.9 Å². The van der Waals surface area contributed by atoms with Gasteiger partial charge < -0.3 is 14.6 Å². The van der Waals surface area contributed by atoms with Gasteiger partial charge in [0.05, 0.1) is 40.8 Å². The van der Waals surface area contributed by atoms with Gasteiger partial charge in [-0.2, -0.15) is 27.1 Å². The van der Waals surface area contributed by atoms with Crippen LogP contribution in [0.15, 0.2) is 58.5 Å². The van der Waals surface area contributed by atoms with Crippen molar-refractivity contribution in [2.24, 2.45) is 0 Å². The van der Waals surface area contributed by atoms with Gasteiger partial charge in [-0.3, -0.25) is 14.6 Å². The van der Waals surface area contributed by atoms with Gasteiger partial charge in [0.25, 0.3) is 17.5 Å². The Kier molecular flexibility index (Phi) is 9.00. The van der Waals surface area contributed by atoms with E-state index in [9.17, 15) is 40.3 Å². The normalized spacial score (nSPS) is 12.8. The topological polar surface area (TPSA) is 115 Å². The predicted molar refractivity (Wildman–Crippen MR) is 133 cm³/mol. The highest BCUT2D eigenvalue weighted by Crippen LogP contribution is 2.32. The van der Waals surface area contributed by atoms with Crippen molar-refractivity contribution in [3.8, 4) is 11.4 Å². The molecule has 0 aliphatic heterocycles. The number of H-pyrrole nitrogens is 1. The second kappa shape index (κ2) is 12.4. The summed E-state index contributed by atoms with van der Waals surface area (Å²) in [5, 5.41) is 7.66. The minimum absolute atomic E-state index is 0.0151.